The van der Waals surface area contributed by atoms with E-state index in [9.17, 15) is 4.79 Å². The van der Waals surface area contributed by atoms with Gasteiger partial charge >= 0.3 is 6.03 Å². The molecule has 1 aromatic heterocycles. The quantitative estimate of drug-likeness (QED) is 0.818. The van der Waals surface area contributed by atoms with Crippen molar-refractivity contribution in [2.75, 3.05) is 31.1 Å². The standard InChI is InChI=1S/C14H21N5O/c1-9-5-10(2)17-13(12(9)6-15)18-3-4-19-11(8-18)7-16-14(19)20/h5,11H,3-4,6-8,15H2,1-2H3,(H,16,20). The van der Waals surface area contributed by atoms with E-state index in [2.05, 4.69) is 28.2 Å². The summed E-state index contributed by atoms with van der Waals surface area (Å²) in [6.07, 6.45) is 0. The lowest BCUT2D eigenvalue weighted by Gasteiger charge is -2.38. The molecular formula is C14H21N5O. The van der Waals surface area contributed by atoms with E-state index in [-0.39, 0.29) is 12.1 Å². The van der Waals surface area contributed by atoms with Crippen LogP contribution >= 0.6 is 0 Å². The van der Waals surface area contributed by atoms with E-state index in [1.54, 1.807) is 0 Å². The number of pyridine rings is 1. The van der Waals surface area contributed by atoms with Gasteiger partial charge in [-0.15, -0.1) is 0 Å². The average Bonchev–Trinajstić information content (AvgIpc) is 2.79. The summed E-state index contributed by atoms with van der Waals surface area (Å²) < 4.78 is 0. The molecule has 1 aromatic rings. The average molecular weight is 275 g/mol. The summed E-state index contributed by atoms with van der Waals surface area (Å²) >= 11 is 0. The lowest BCUT2D eigenvalue weighted by molar-refractivity contribution is 0.197. The number of carbonyl (C=O) groups excluding carboxylic acids is 1. The third kappa shape index (κ3) is 2.10. The Morgan fingerprint density at radius 3 is 3.00 bits per heavy atom. The summed E-state index contributed by atoms with van der Waals surface area (Å²) in [6, 6.07) is 2.37. The topological polar surface area (TPSA) is 74.5 Å². The molecule has 0 saturated carbocycles. The van der Waals surface area contributed by atoms with Gasteiger partial charge in [0.05, 0.1) is 6.04 Å². The molecule has 0 radical (unpaired) electrons. The van der Waals surface area contributed by atoms with Gasteiger partial charge < -0.3 is 20.9 Å². The highest BCUT2D eigenvalue weighted by Crippen LogP contribution is 2.25. The zero-order valence-electron chi connectivity index (χ0n) is 12.0. The molecule has 3 heterocycles. The predicted octanol–water partition coefficient (Wildman–Crippen LogP) is 0.371. The van der Waals surface area contributed by atoms with Crippen LogP contribution in [0.2, 0.25) is 0 Å². The molecule has 0 aliphatic carbocycles. The van der Waals surface area contributed by atoms with E-state index < -0.39 is 0 Å². The Morgan fingerprint density at radius 1 is 1.45 bits per heavy atom. The first-order valence-electron chi connectivity index (χ1n) is 7.06. The predicted molar refractivity (Wildman–Crippen MR) is 77.7 cm³/mol. The van der Waals surface area contributed by atoms with Crippen molar-refractivity contribution in [1.29, 1.82) is 0 Å². The van der Waals surface area contributed by atoms with Crippen LogP contribution < -0.4 is 16.0 Å². The SMILES string of the molecule is Cc1cc(C)c(CN)c(N2CCN3C(=O)NCC3C2)n1. The van der Waals surface area contributed by atoms with Crippen LogP contribution in [-0.2, 0) is 6.54 Å². The molecule has 108 valence electrons. The number of nitrogens with zero attached hydrogens (tertiary/aromatic N) is 3. The fourth-order valence-electron chi connectivity index (χ4n) is 3.15. The van der Waals surface area contributed by atoms with Crippen molar-refractivity contribution in [2.45, 2.75) is 26.4 Å². The summed E-state index contributed by atoms with van der Waals surface area (Å²) in [6.45, 7) is 7.68. The van der Waals surface area contributed by atoms with Crippen LogP contribution in [0.3, 0.4) is 0 Å². The van der Waals surface area contributed by atoms with Crippen LogP contribution in [0.5, 0.6) is 0 Å². The maximum Gasteiger partial charge on any atom is 0.317 e. The summed E-state index contributed by atoms with van der Waals surface area (Å²) in [5.74, 6) is 0.990. The Bertz CT molecular complexity index is 545. The molecule has 1 unspecified atom stereocenters. The number of aryl methyl sites for hydroxylation is 2. The Morgan fingerprint density at radius 2 is 2.25 bits per heavy atom. The first-order valence-corrected chi connectivity index (χ1v) is 7.06. The van der Waals surface area contributed by atoms with Gasteiger partial charge in [0.25, 0.3) is 0 Å². The highest BCUT2D eigenvalue weighted by molar-refractivity contribution is 5.77. The van der Waals surface area contributed by atoms with Crippen LogP contribution in [0.25, 0.3) is 0 Å². The Kier molecular flexibility index (Phi) is 3.25. The molecular weight excluding hydrogens is 254 g/mol. The fraction of sp³-hybridized carbons (Fsp3) is 0.571. The van der Waals surface area contributed by atoms with E-state index in [1.165, 1.54) is 5.56 Å². The van der Waals surface area contributed by atoms with Gasteiger partial charge in [-0.2, -0.15) is 0 Å². The second-order valence-corrected chi connectivity index (χ2v) is 5.57. The van der Waals surface area contributed by atoms with Gasteiger partial charge in [0, 0.05) is 44.0 Å². The molecule has 6 nitrogen and oxygen atoms in total. The molecule has 2 saturated heterocycles. The number of hydrogen-bond donors (Lipinski definition) is 2. The maximum absolute atomic E-state index is 11.6. The molecule has 6 heteroatoms. The second-order valence-electron chi connectivity index (χ2n) is 5.57. The van der Waals surface area contributed by atoms with E-state index >= 15 is 0 Å². The normalized spacial score (nSPS) is 21.9. The van der Waals surface area contributed by atoms with Gasteiger partial charge in [-0.3, -0.25) is 0 Å². The fourth-order valence-corrected chi connectivity index (χ4v) is 3.15. The third-order valence-electron chi connectivity index (χ3n) is 4.19. The van der Waals surface area contributed by atoms with Crippen molar-refractivity contribution < 1.29 is 4.79 Å². The van der Waals surface area contributed by atoms with Gasteiger partial charge in [0.1, 0.15) is 5.82 Å². The number of piperazine rings is 1. The molecule has 20 heavy (non-hydrogen) atoms. The molecule has 1 atom stereocenters. The second kappa shape index (κ2) is 4.94. The number of amides is 2. The van der Waals surface area contributed by atoms with Crippen LogP contribution in [0.1, 0.15) is 16.8 Å². The number of nitrogens with two attached hydrogens (primary N) is 1. The van der Waals surface area contributed by atoms with Crippen molar-refractivity contribution >= 4 is 11.8 Å². The number of fused-ring (bicyclic) bond motifs is 1. The molecule has 2 aliphatic rings. The minimum atomic E-state index is 0.0575. The number of hydrogen-bond acceptors (Lipinski definition) is 4. The van der Waals surface area contributed by atoms with Crippen molar-refractivity contribution in [3.63, 3.8) is 0 Å². The molecule has 2 fully saturated rings. The largest absolute Gasteiger partial charge is 0.352 e. The molecule has 2 aliphatic heterocycles. The number of carbonyl (C=O) groups is 1. The number of urea groups is 1. The molecule has 3 rings (SSSR count). The van der Waals surface area contributed by atoms with E-state index in [4.69, 9.17) is 5.73 Å². The number of rotatable bonds is 2. The summed E-state index contributed by atoms with van der Waals surface area (Å²) in [5.41, 5.74) is 9.21. The summed E-state index contributed by atoms with van der Waals surface area (Å²) in [5, 5.41) is 2.90. The minimum Gasteiger partial charge on any atom is -0.352 e. The van der Waals surface area contributed by atoms with Gasteiger partial charge in [-0.25, -0.2) is 9.78 Å². The summed E-state index contributed by atoms with van der Waals surface area (Å²) in [4.78, 5) is 20.5. The Hall–Kier alpha value is -1.82. The minimum absolute atomic E-state index is 0.0575. The molecule has 0 bridgehead atoms. The van der Waals surface area contributed by atoms with Crippen LogP contribution in [0.15, 0.2) is 6.07 Å². The Labute approximate surface area is 118 Å². The summed E-state index contributed by atoms with van der Waals surface area (Å²) in [7, 11) is 0. The van der Waals surface area contributed by atoms with Crippen LogP contribution in [-0.4, -0.2) is 48.1 Å². The van der Waals surface area contributed by atoms with Gasteiger partial charge in [-0.05, 0) is 25.5 Å². The molecule has 3 N–H and O–H groups in total. The Balaban J connectivity index is 1.89. The number of aromatic nitrogens is 1. The number of anilines is 1. The van der Waals surface area contributed by atoms with E-state index in [1.807, 2.05) is 11.8 Å². The number of nitrogens with one attached hydrogen (secondary N) is 1. The van der Waals surface area contributed by atoms with Crippen molar-refractivity contribution in [2.24, 2.45) is 5.73 Å². The highest BCUT2D eigenvalue weighted by Gasteiger charge is 2.36. The molecule has 2 amide bonds. The monoisotopic (exact) mass is 275 g/mol. The smallest absolute Gasteiger partial charge is 0.317 e. The molecule has 0 aromatic carbocycles. The van der Waals surface area contributed by atoms with Gasteiger partial charge in [0.2, 0.25) is 0 Å². The molecule has 0 spiro atoms. The van der Waals surface area contributed by atoms with Gasteiger partial charge in [0.15, 0.2) is 0 Å². The zero-order valence-corrected chi connectivity index (χ0v) is 12.0. The lowest BCUT2D eigenvalue weighted by atomic mass is 10.1. The van der Waals surface area contributed by atoms with Crippen molar-refractivity contribution in [3.05, 3.63) is 22.9 Å². The highest BCUT2D eigenvalue weighted by atomic mass is 16.2. The lowest BCUT2D eigenvalue weighted by Crippen LogP contribution is -2.52. The van der Waals surface area contributed by atoms with E-state index in [0.29, 0.717) is 6.54 Å². The van der Waals surface area contributed by atoms with Crippen molar-refractivity contribution in [3.8, 4) is 0 Å². The zero-order chi connectivity index (χ0) is 14.3. The van der Waals surface area contributed by atoms with Crippen molar-refractivity contribution in [1.82, 2.24) is 15.2 Å². The van der Waals surface area contributed by atoms with E-state index in [0.717, 1.165) is 43.3 Å². The van der Waals surface area contributed by atoms with Crippen LogP contribution in [0.4, 0.5) is 10.6 Å². The maximum atomic E-state index is 11.6. The first kappa shape index (κ1) is 13.2. The van der Waals surface area contributed by atoms with Crippen LogP contribution in [0, 0.1) is 13.8 Å². The third-order valence-corrected chi connectivity index (χ3v) is 4.19. The first-order chi connectivity index (χ1) is 9.60. The van der Waals surface area contributed by atoms with Gasteiger partial charge in [-0.1, -0.05) is 0 Å².